The monoisotopic (exact) mass is 400 g/mol. The molecule has 9 heteroatoms. The number of nitro groups is 1. The lowest BCUT2D eigenvalue weighted by Crippen LogP contribution is -2.13. The van der Waals surface area contributed by atoms with Gasteiger partial charge in [-0.1, -0.05) is 18.2 Å². The van der Waals surface area contributed by atoms with Crippen LogP contribution in [0.25, 0.3) is 11.1 Å². The minimum absolute atomic E-state index is 0.00548. The van der Waals surface area contributed by atoms with Crippen LogP contribution >= 0.6 is 0 Å². The quantitative estimate of drug-likeness (QED) is 0.430. The average Bonchev–Trinajstić information content (AvgIpc) is 2.68. The van der Waals surface area contributed by atoms with Crippen LogP contribution in [0.1, 0.15) is 5.56 Å². The number of sulfonamides is 1. The second-order valence-electron chi connectivity index (χ2n) is 5.94. The third-order valence-corrected chi connectivity index (χ3v) is 5.44. The average molecular weight is 400 g/mol. The molecule has 144 valence electrons. The number of benzene rings is 3. The first-order valence-corrected chi connectivity index (χ1v) is 9.59. The number of nitrogens with zero attached hydrogens (tertiary/aromatic N) is 1. The van der Waals surface area contributed by atoms with Gasteiger partial charge in [-0.25, -0.2) is 8.42 Å². The van der Waals surface area contributed by atoms with Crippen LogP contribution in [0.2, 0.25) is 0 Å². The fourth-order valence-corrected chi connectivity index (χ4v) is 3.69. The number of aromatic hydroxyl groups is 1. The first-order valence-electron chi connectivity index (χ1n) is 8.10. The first kappa shape index (κ1) is 19.3. The van der Waals surface area contributed by atoms with Gasteiger partial charge in [-0.15, -0.1) is 0 Å². The normalized spacial score (nSPS) is 11.2. The Labute approximate surface area is 160 Å². The Morgan fingerprint density at radius 1 is 0.964 bits per heavy atom. The molecule has 0 bridgehead atoms. The molecule has 0 saturated carbocycles. The van der Waals surface area contributed by atoms with Gasteiger partial charge < -0.3 is 10.2 Å². The third-order valence-electron chi connectivity index (χ3n) is 4.06. The standard InChI is InChI=1S/C19H16N2O6S/c22-12-15-4-7-16(11-19(15)23)20-28(26,27)18-3-1-2-14(10-18)13-5-8-17(9-6-13)21(24)25/h1-11,20,22-23H,12H2. The van der Waals surface area contributed by atoms with Gasteiger partial charge in [0.05, 0.1) is 22.1 Å². The molecule has 0 unspecified atom stereocenters. The number of hydrogen-bond donors (Lipinski definition) is 3. The molecule has 0 aliphatic heterocycles. The lowest BCUT2D eigenvalue weighted by Gasteiger charge is -2.11. The number of aliphatic hydroxyl groups excluding tert-OH is 1. The zero-order chi connectivity index (χ0) is 20.3. The summed E-state index contributed by atoms with van der Waals surface area (Å²) in [5.74, 6) is -0.220. The molecule has 8 nitrogen and oxygen atoms in total. The minimum Gasteiger partial charge on any atom is -0.508 e. The predicted octanol–water partition coefficient (Wildman–Crippen LogP) is 3.26. The van der Waals surface area contributed by atoms with Crippen molar-refractivity contribution in [3.05, 3.63) is 82.4 Å². The maximum absolute atomic E-state index is 12.7. The van der Waals surface area contributed by atoms with Crippen LogP contribution in [0.3, 0.4) is 0 Å². The van der Waals surface area contributed by atoms with Gasteiger partial charge in [-0.3, -0.25) is 14.8 Å². The summed E-state index contributed by atoms with van der Waals surface area (Å²) in [5, 5.41) is 29.6. The summed E-state index contributed by atoms with van der Waals surface area (Å²) in [5.41, 5.74) is 1.59. The molecular weight excluding hydrogens is 384 g/mol. The van der Waals surface area contributed by atoms with Gasteiger partial charge in [0.25, 0.3) is 15.7 Å². The van der Waals surface area contributed by atoms with E-state index in [1.807, 2.05) is 0 Å². The highest BCUT2D eigenvalue weighted by Crippen LogP contribution is 2.27. The smallest absolute Gasteiger partial charge is 0.269 e. The Morgan fingerprint density at radius 3 is 2.29 bits per heavy atom. The Hall–Kier alpha value is -3.43. The molecule has 0 radical (unpaired) electrons. The molecule has 0 aliphatic carbocycles. The molecule has 0 aliphatic rings. The summed E-state index contributed by atoms with van der Waals surface area (Å²) in [6.45, 7) is -0.365. The van der Waals surface area contributed by atoms with Crippen molar-refractivity contribution in [2.45, 2.75) is 11.5 Å². The molecule has 3 N–H and O–H groups in total. The summed E-state index contributed by atoms with van der Waals surface area (Å²) >= 11 is 0. The Bertz CT molecular complexity index is 1130. The zero-order valence-electron chi connectivity index (χ0n) is 14.4. The Kier molecular flexibility index (Phi) is 5.30. The lowest BCUT2D eigenvalue weighted by atomic mass is 10.1. The number of rotatable bonds is 6. The topological polar surface area (TPSA) is 130 Å². The van der Waals surface area contributed by atoms with E-state index in [1.54, 1.807) is 24.3 Å². The molecule has 0 fully saturated rings. The van der Waals surface area contributed by atoms with Crippen LogP contribution in [0.5, 0.6) is 5.75 Å². The second-order valence-corrected chi connectivity index (χ2v) is 7.62. The Balaban J connectivity index is 1.89. The predicted molar refractivity (Wildman–Crippen MR) is 103 cm³/mol. The summed E-state index contributed by atoms with van der Waals surface area (Å²) in [6.07, 6.45) is 0. The van der Waals surface area contributed by atoms with Crippen molar-refractivity contribution in [1.29, 1.82) is 0 Å². The maximum Gasteiger partial charge on any atom is 0.269 e. The first-order chi connectivity index (χ1) is 13.3. The second kappa shape index (κ2) is 7.67. The molecule has 3 aromatic rings. The summed E-state index contributed by atoms with van der Waals surface area (Å²) < 4.78 is 27.7. The largest absolute Gasteiger partial charge is 0.508 e. The van der Waals surface area contributed by atoms with Crippen LogP contribution < -0.4 is 4.72 Å². The summed E-state index contributed by atoms with van der Waals surface area (Å²) in [6, 6.07) is 16.0. The molecule has 0 atom stereocenters. The third kappa shape index (κ3) is 4.11. The van der Waals surface area contributed by atoms with E-state index < -0.39 is 14.9 Å². The number of anilines is 1. The number of nitrogens with one attached hydrogen (secondary N) is 1. The van der Waals surface area contributed by atoms with Crippen LogP contribution in [0.4, 0.5) is 11.4 Å². The van der Waals surface area contributed by atoms with E-state index in [0.717, 1.165) is 0 Å². The highest BCUT2D eigenvalue weighted by Gasteiger charge is 2.16. The van der Waals surface area contributed by atoms with Gasteiger partial charge >= 0.3 is 0 Å². The molecule has 0 heterocycles. The molecule has 0 spiro atoms. The van der Waals surface area contributed by atoms with E-state index in [9.17, 15) is 23.6 Å². The van der Waals surface area contributed by atoms with Gasteiger partial charge in [0.15, 0.2) is 0 Å². The van der Waals surface area contributed by atoms with Crippen LogP contribution in [0.15, 0.2) is 71.6 Å². The van der Waals surface area contributed by atoms with E-state index >= 15 is 0 Å². The molecule has 3 rings (SSSR count). The van der Waals surface area contributed by atoms with E-state index in [2.05, 4.69) is 4.72 Å². The Morgan fingerprint density at radius 2 is 1.68 bits per heavy atom. The number of phenols is 1. The molecule has 0 saturated heterocycles. The SMILES string of the molecule is O=[N+]([O-])c1ccc(-c2cccc(S(=O)(=O)Nc3ccc(CO)c(O)c3)c2)cc1. The number of aliphatic hydroxyl groups is 1. The lowest BCUT2D eigenvalue weighted by molar-refractivity contribution is -0.384. The molecule has 0 amide bonds. The fraction of sp³-hybridized carbons (Fsp3) is 0.0526. The number of non-ortho nitro benzene ring substituents is 1. The van der Waals surface area contributed by atoms with Crippen molar-refractivity contribution in [3.8, 4) is 16.9 Å². The maximum atomic E-state index is 12.7. The van der Waals surface area contributed by atoms with Crippen molar-refractivity contribution >= 4 is 21.4 Å². The van der Waals surface area contributed by atoms with Gasteiger partial charge in [0, 0.05) is 23.8 Å². The number of hydrogen-bond acceptors (Lipinski definition) is 6. The van der Waals surface area contributed by atoms with Crippen molar-refractivity contribution in [2.24, 2.45) is 0 Å². The van der Waals surface area contributed by atoms with Gasteiger partial charge in [-0.05, 0) is 41.5 Å². The van der Waals surface area contributed by atoms with Crippen molar-refractivity contribution in [2.75, 3.05) is 4.72 Å². The van der Waals surface area contributed by atoms with Crippen LogP contribution in [0, 0.1) is 10.1 Å². The van der Waals surface area contributed by atoms with Crippen molar-refractivity contribution < 1.29 is 23.6 Å². The van der Waals surface area contributed by atoms with Crippen LogP contribution in [-0.4, -0.2) is 23.6 Å². The molecule has 0 aromatic heterocycles. The summed E-state index contributed by atoms with van der Waals surface area (Å²) in [7, 11) is -3.93. The fourth-order valence-electron chi connectivity index (χ4n) is 2.59. The zero-order valence-corrected chi connectivity index (χ0v) is 15.3. The van der Waals surface area contributed by atoms with E-state index in [-0.39, 0.29) is 34.2 Å². The van der Waals surface area contributed by atoms with Gasteiger partial charge in [-0.2, -0.15) is 0 Å². The van der Waals surface area contributed by atoms with E-state index in [0.29, 0.717) is 11.1 Å². The van der Waals surface area contributed by atoms with Gasteiger partial charge in [0.1, 0.15) is 5.75 Å². The van der Waals surface area contributed by atoms with Crippen molar-refractivity contribution in [1.82, 2.24) is 0 Å². The van der Waals surface area contributed by atoms with Crippen molar-refractivity contribution in [3.63, 3.8) is 0 Å². The minimum atomic E-state index is -3.93. The molecule has 28 heavy (non-hydrogen) atoms. The summed E-state index contributed by atoms with van der Waals surface area (Å²) in [4.78, 5) is 10.2. The van der Waals surface area contributed by atoms with Gasteiger partial charge in [0.2, 0.25) is 0 Å². The molecule has 3 aromatic carbocycles. The van der Waals surface area contributed by atoms with E-state index in [1.165, 1.54) is 42.5 Å². The highest BCUT2D eigenvalue weighted by atomic mass is 32.2. The highest BCUT2D eigenvalue weighted by molar-refractivity contribution is 7.92. The van der Waals surface area contributed by atoms with E-state index in [4.69, 9.17) is 5.11 Å². The van der Waals surface area contributed by atoms with Crippen LogP contribution in [-0.2, 0) is 16.6 Å². The molecular formula is C19H16N2O6S. The number of nitro benzene ring substituents is 1.